The molecule has 0 unspecified atom stereocenters. The lowest BCUT2D eigenvalue weighted by Crippen LogP contribution is -2.24. The van der Waals surface area contributed by atoms with Crippen molar-refractivity contribution in [3.8, 4) is 0 Å². The minimum atomic E-state index is 0. The number of benzene rings is 1. The summed E-state index contributed by atoms with van der Waals surface area (Å²) in [6.45, 7) is 1.72. The van der Waals surface area contributed by atoms with Crippen LogP contribution in [0.25, 0.3) is 0 Å². The fourth-order valence-corrected chi connectivity index (χ4v) is 2.20. The van der Waals surface area contributed by atoms with Crippen molar-refractivity contribution in [2.75, 3.05) is 13.1 Å². The van der Waals surface area contributed by atoms with Gasteiger partial charge in [0, 0.05) is 24.9 Å². The third-order valence-electron chi connectivity index (χ3n) is 2.70. The Bertz CT molecular complexity index is 455. The van der Waals surface area contributed by atoms with E-state index in [0.717, 1.165) is 31.5 Å². The molecule has 19 heavy (non-hydrogen) atoms. The summed E-state index contributed by atoms with van der Waals surface area (Å²) in [4.78, 5) is 8.70. The van der Waals surface area contributed by atoms with E-state index in [-0.39, 0.29) is 17.0 Å². The largest absolute Gasteiger partial charge is 0.355 e. The van der Waals surface area contributed by atoms with Crippen LogP contribution < -0.4 is 5.32 Å². The van der Waals surface area contributed by atoms with Crippen LogP contribution in [0.3, 0.4) is 0 Å². The molecule has 0 aromatic heterocycles. The number of halogens is 3. The lowest BCUT2D eigenvalue weighted by Gasteiger charge is -2.09. The predicted octanol–water partition coefficient (Wildman–Crippen LogP) is 4.12. The van der Waals surface area contributed by atoms with Gasteiger partial charge in [-0.1, -0.05) is 29.3 Å². The molecule has 0 fully saturated rings. The van der Waals surface area contributed by atoms with Crippen molar-refractivity contribution in [1.82, 2.24) is 5.32 Å². The van der Waals surface area contributed by atoms with Gasteiger partial charge in [0.05, 0.1) is 10.0 Å². The summed E-state index contributed by atoms with van der Waals surface area (Å²) >= 11 is 12.1. The Morgan fingerprint density at radius 2 is 1.89 bits per heavy atom. The van der Waals surface area contributed by atoms with Crippen LogP contribution in [0.15, 0.2) is 28.2 Å². The Morgan fingerprint density at radius 1 is 1.16 bits per heavy atom. The van der Waals surface area contributed by atoms with Crippen LogP contribution in [0.5, 0.6) is 0 Å². The predicted molar refractivity (Wildman–Crippen MR) is 88.5 cm³/mol. The Kier molecular flexibility index (Phi) is 7.42. The van der Waals surface area contributed by atoms with Crippen LogP contribution in [0.1, 0.15) is 24.8 Å². The van der Waals surface area contributed by atoms with E-state index in [1.54, 1.807) is 18.3 Å². The van der Waals surface area contributed by atoms with E-state index >= 15 is 0 Å². The molecule has 3 nitrogen and oxygen atoms in total. The number of guanidine groups is 1. The molecule has 2 rings (SSSR count). The van der Waals surface area contributed by atoms with Crippen LogP contribution in [-0.2, 0) is 0 Å². The smallest absolute Gasteiger partial charge is 0.217 e. The summed E-state index contributed by atoms with van der Waals surface area (Å²) in [5, 5.41) is 4.39. The Hall–Kier alpha value is -0.580. The minimum Gasteiger partial charge on any atom is -0.355 e. The van der Waals surface area contributed by atoms with Crippen LogP contribution in [0, 0.1) is 0 Å². The molecule has 0 spiro atoms. The maximum Gasteiger partial charge on any atom is 0.217 e. The van der Waals surface area contributed by atoms with Gasteiger partial charge in [0.1, 0.15) is 0 Å². The second-order valence-corrected chi connectivity index (χ2v) is 4.90. The quantitative estimate of drug-likeness (QED) is 0.747. The zero-order valence-electron chi connectivity index (χ0n) is 10.4. The monoisotopic (exact) mass is 363 g/mol. The average Bonchev–Trinajstić information content (AvgIpc) is 2.30. The maximum atomic E-state index is 6.07. The van der Waals surface area contributed by atoms with Gasteiger partial charge in [0.2, 0.25) is 5.96 Å². The standard InChI is InChI=1S/C13H15Cl2N3.BrH/c14-11-5-4-6-12(15)10(11)9-18-13-16-7-2-1-3-8-17-13;/h4-6,9H,1-3,7-8H2,(H,16,17);1H/b18-9+;. The van der Waals surface area contributed by atoms with Crippen LogP contribution in [0.4, 0.5) is 0 Å². The lowest BCUT2D eigenvalue weighted by atomic mass is 10.2. The van der Waals surface area contributed by atoms with Gasteiger partial charge in [0.15, 0.2) is 0 Å². The van der Waals surface area contributed by atoms with Gasteiger partial charge in [-0.25, -0.2) is 4.99 Å². The number of aliphatic imine (C=N–C) groups is 2. The second kappa shape index (κ2) is 8.56. The molecule has 1 N–H and O–H groups in total. The first-order valence-electron chi connectivity index (χ1n) is 6.04. The zero-order valence-corrected chi connectivity index (χ0v) is 13.6. The average molecular weight is 365 g/mol. The summed E-state index contributed by atoms with van der Waals surface area (Å²) < 4.78 is 0. The lowest BCUT2D eigenvalue weighted by molar-refractivity contribution is 0.650. The molecule has 0 atom stereocenters. The zero-order chi connectivity index (χ0) is 12.8. The number of hydrogen-bond donors (Lipinski definition) is 1. The topological polar surface area (TPSA) is 36.8 Å². The Labute approximate surface area is 133 Å². The first kappa shape index (κ1) is 16.5. The van der Waals surface area contributed by atoms with E-state index in [1.165, 1.54) is 6.42 Å². The van der Waals surface area contributed by atoms with Gasteiger partial charge in [-0.3, -0.25) is 4.99 Å². The molecule has 0 saturated heterocycles. The molecule has 1 aromatic carbocycles. The number of hydrogen-bond acceptors (Lipinski definition) is 3. The maximum absolute atomic E-state index is 6.07. The first-order valence-corrected chi connectivity index (χ1v) is 6.79. The molecular weight excluding hydrogens is 349 g/mol. The third kappa shape index (κ3) is 5.13. The summed E-state index contributed by atoms with van der Waals surface area (Å²) in [5.41, 5.74) is 0.729. The molecule has 0 radical (unpaired) electrons. The van der Waals surface area contributed by atoms with Crippen molar-refractivity contribution in [3.05, 3.63) is 33.8 Å². The molecule has 1 heterocycles. The molecule has 1 aromatic rings. The van der Waals surface area contributed by atoms with E-state index in [0.29, 0.717) is 16.0 Å². The third-order valence-corrected chi connectivity index (χ3v) is 3.35. The first-order chi connectivity index (χ1) is 8.77. The normalized spacial score (nSPS) is 16.0. The molecule has 0 bridgehead atoms. The van der Waals surface area contributed by atoms with Gasteiger partial charge in [0.25, 0.3) is 0 Å². The van der Waals surface area contributed by atoms with E-state index in [4.69, 9.17) is 23.2 Å². The summed E-state index contributed by atoms with van der Waals surface area (Å²) in [6, 6.07) is 5.40. The van der Waals surface area contributed by atoms with Gasteiger partial charge >= 0.3 is 0 Å². The fourth-order valence-electron chi connectivity index (χ4n) is 1.70. The minimum absolute atomic E-state index is 0. The molecule has 0 amide bonds. The molecule has 1 aliphatic heterocycles. The van der Waals surface area contributed by atoms with Crippen molar-refractivity contribution in [2.24, 2.45) is 9.98 Å². The van der Waals surface area contributed by atoms with Gasteiger partial charge in [-0.05, 0) is 31.4 Å². The highest BCUT2D eigenvalue weighted by molar-refractivity contribution is 8.93. The Morgan fingerprint density at radius 3 is 2.63 bits per heavy atom. The Balaban J connectivity index is 0.00000180. The van der Waals surface area contributed by atoms with Crippen molar-refractivity contribution >= 4 is 52.4 Å². The van der Waals surface area contributed by atoms with E-state index in [1.807, 2.05) is 6.07 Å². The molecule has 1 aliphatic rings. The van der Waals surface area contributed by atoms with Crippen molar-refractivity contribution in [1.29, 1.82) is 0 Å². The van der Waals surface area contributed by atoms with Crippen molar-refractivity contribution in [2.45, 2.75) is 19.3 Å². The summed E-state index contributed by atoms with van der Waals surface area (Å²) in [5.74, 6) is 0.658. The van der Waals surface area contributed by atoms with E-state index < -0.39 is 0 Å². The molecular formula is C13H16BrCl2N3. The SMILES string of the molecule is Br.Clc1cccc(Cl)c1/C=N/C1=NCCCCCN1. The molecule has 104 valence electrons. The summed E-state index contributed by atoms with van der Waals surface area (Å²) in [6.07, 6.45) is 5.15. The van der Waals surface area contributed by atoms with E-state index in [2.05, 4.69) is 15.3 Å². The number of nitrogens with zero attached hydrogens (tertiary/aromatic N) is 2. The summed E-state index contributed by atoms with van der Waals surface area (Å²) in [7, 11) is 0. The van der Waals surface area contributed by atoms with E-state index in [9.17, 15) is 0 Å². The number of nitrogens with one attached hydrogen (secondary N) is 1. The highest BCUT2D eigenvalue weighted by Crippen LogP contribution is 2.22. The highest BCUT2D eigenvalue weighted by atomic mass is 79.9. The molecule has 0 aliphatic carbocycles. The van der Waals surface area contributed by atoms with Crippen LogP contribution >= 0.6 is 40.2 Å². The van der Waals surface area contributed by atoms with Crippen molar-refractivity contribution < 1.29 is 0 Å². The van der Waals surface area contributed by atoms with Gasteiger partial charge in [-0.2, -0.15) is 0 Å². The van der Waals surface area contributed by atoms with Gasteiger partial charge < -0.3 is 5.32 Å². The van der Waals surface area contributed by atoms with Crippen LogP contribution in [0.2, 0.25) is 10.0 Å². The molecule has 6 heteroatoms. The van der Waals surface area contributed by atoms with Crippen molar-refractivity contribution in [3.63, 3.8) is 0 Å². The van der Waals surface area contributed by atoms with Gasteiger partial charge in [-0.15, -0.1) is 17.0 Å². The second-order valence-electron chi connectivity index (χ2n) is 4.09. The molecule has 0 saturated carbocycles. The fraction of sp³-hybridized carbons (Fsp3) is 0.385. The highest BCUT2D eigenvalue weighted by Gasteiger charge is 2.04. The van der Waals surface area contributed by atoms with Crippen LogP contribution in [-0.4, -0.2) is 25.3 Å². The number of rotatable bonds is 1.